The first-order valence-electron chi connectivity index (χ1n) is 13.9. The zero-order valence-corrected chi connectivity index (χ0v) is 23.1. The van der Waals surface area contributed by atoms with Gasteiger partial charge in [-0.05, 0) is 12.0 Å². The van der Waals surface area contributed by atoms with Gasteiger partial charge < -0.3 is 34.1 Å². The number of nitrogens with one attached hydrogen (secondary N) is 2. The van der Waals surface area contributed by atoms with Crippen molar-refractivity contribution in [3.63, 3.8) is 0 Å². The lowest BCUT2D eigenvalue weighted by Gasteiger charge is -2.41. The predicted molar refractivity (Wildman–Crippen MR) is 149 cm³/mol. The first-order chi connectivity index (χ1) is 19.6. The van der Waals surface area contributed by atoms with E-state index in [2.05, 4.69) is 30.1 Å². The normalized spacial score (nSPS) is 21.9. The Morgan fingerprint density at radius 1 is 1.15 bits per heavy atom. The summed E-state index contributed by atoms with van der Waals surface area (Å²) in [5.41, 5.74) is 2.60. The van der Waals surface area contributed by atoms with Gasteiger partial charge in [-0.25, -0.2) is 9.97 Å². The molecule has 0 radical (unpaired) electrons. The zero-order valence-electron chi connectivity index (χ0n) is 23.1. The van der Waals surface area contributed by atoms with Crippen LogP contribution in [0.1, 0.15) is 12.0 Å². The molecule has 12 heteroatoms. The van der Waals surface area contributed by atoms with Gasteiger partial charge in [0.15, 0.2) is 18.1 Å². The Labute approximate surface area is 233 Å². The van der Waals surface area contributed by atoms with Crippen molar-refractivity contribution in [2.75, 3.05) is 85.2 Å². The summed E-state index contributed by atoms with van der Waals surface area (Å²) in [4.78, 5) is 31.8. The number of ether oxygens (including phenoxy) is 4. The van der Waals surface area contributed by atoms with E-state index < -0.39 is 0 Å². The molecule has 12 nitrogen and oxygen atoms in total. The topological polar surface area (TPSA) is 117 Å². The van der Waals surface area contributed by atoms with Crippen molar-refractivity contribution in [3.8, 4) is 17.2 Å². The second-order valence-electron chi connectivity index (χ2n) is 10.7. The molecule has 4 aliphatic rings. The highest BCUT2D eigenvalue weighted by atomic mass is 16.5. The molecule has 40 heavy (non-hydrogen) atoms. The molecule has 0 saturated carbocycles. The summed E-state index contributed by atoms with van der Waals surface area (Å²) in [6.07, 6.45) is 4.38. The van der Waals surface area contributed by atoms with Gasteiger partial charge in [-0.2, -0.15) is 0 Å². The van der Waals surface area contributed by atoms with Crippen LogP contribution < -0.4 is 19.5 Å². The molecule has 0 spiro atoms. The van der Waals surface area contributed by atoms with Crippen LogP contribution in [0.3, 0.4) is 0 Å². The van der Waals surface area contributed by atoms with E-state index in [9.17, 15) is 4.79 Å². The second kappa shape index (κ2) is 11.9. The number of aromatic nitrogens is 3. The summed E-state index contributed by atoms with van der Waals surface area (Å²) in [7, 11) is 3.44. The van der Waals surface area contributed by atoms with Crippen LogP contribution in [0, 0.1) is 5.92 Å². The van der Waals surface area contributed by atoms with E-state index >= 15 is 0 Å². The van der Waals surface area contributed by atoms with Gasteiger partial charge in [-0.3, -0.25) is 14.6 Å². The number of morpholine rings is 1. The minimum absolute atomic E-state index is 0.0772. The zero-order chi connectivity index (χ0) is 27.5. The SMILES string of the molecule is COc1cc2cc(c1OCCCN1CCOCC1)OCC(=O)N(C)CC1CN(Cc3c[nH]c4ncnc(c34)N2)C1. The first-order valence-corrected chi connectivity index (χ1v) is 13.9. The van der Waals surface area contributed by atoms with E-state index in [0.717, 1.165) is 75.5 Å². The number of hydrogen-bond acceptors (Lipinski definition) is 10. The fraction of sp³-hybridized carbons (Fsp3) is 0.536. The van der Waals surface area contributed by atoms with Crippen LogP contribution in [-0.2, 0) is 16.1 Å². The lowest BCUT2D eigenvalue weighted by atomic mass is 9.98. The number of anilines is 2. The fourth-order valence-electron chi connectivity index (χ4n) is 5.62. The number of fused-ring (bicyclic) bond motifs is 4. The Kier molecular flexibility index (Phi) is 7.89. The number of H-pyrrole nitrogens is 1. The molecule has 0 aliphatic carbocycles. The van der Waals surface area contributed by atoms with Gasteiger partial charge in [0, 0.05) is 82.8 Å². The van der Waals surface area contributed by atoms with E-state index in [1.54, 1.807) is 12.0 Å². The van der Waals surface area contributed by atoms with Crippen molar-refractivity contribution in [1.29, 1.82) is 0 Å². The Morgan fingerprint density at radius 2 is 2.00 bits per heavy atom. The number of hydrogen-bond donors (Lipinski definition) is 2. The minimum Gasteiger partial charge on any atom is -0.493 e. The van der Waals surface area contributed by atoms with E-state index in [1.807, 2.05) is 25.4 Å². The van der Waals surface area contributed by atoms with Crippen molar-refractivity contribution >= 4 is 28.4 Å². The summed E-state index contributed by atoms with van der Waals surface area (Å²) in [5.74, 6) is 2.47. The van der Waals surface area contributed by atoms with Crippen LogP contribution in [0.4, 0.5) is 11.5 Å². The molecular formula is C28H37N7O5. The molecule has 3 aromatic rings. The van der Waals surface area contributed by atoms with Crippen LogP contribution in [0.5, 0.6) is 17.2 Å². The highest BCUT2D eigenvalue weighted by Gasteiger charge is 2.30. The van der Waals surface area contributed by atoms with Gasteiger partial charge in [0.25, 0.3) is 5.91 Å². The molecule has 6 heterocycles. The van der Waals surface area contributed by atoms with Gasteiger partial charge in [-0.15, -0.1) is 0 Å². The van der Waals surface area contributed by atoms with E-state index in [1.165, 1.54) is 6.33 Å². The number of likely N-dealkylation sites (N-methyl/N-ethyl adjacent to an activating group) is 1. The molecule has 1 amide bonds. The highest BCUT2D eigenvalue weighted by Crippen LogP contribution is 2.42. The molecule has 4 bridgehead atoms. The Balaban J connectivity index is 1.29. The largest absolute Gasteiger partial charge is 0.493 e. The van der Waals surface area contributed by atoms with E-state index in [0.29, 0.717) is 47.8 Å². The van der Waals surface area contributed by atoms with Gasteiger partial charge in [-0.1, -0.05) is 0 Å². The quantitative estimate of drug-likeness (QED) is 0.441. The first kappa shape index (κ1) is 26.6. The van der Waals surface area contributed by atoms with Crippen molar-refractivity contribution in [2.24, 2.45) is 5.92 Å². The molecule has 2 N–H and O–H groups in total. The van der Waals surface area contributed by atoms with Gasteiger partial charge in [0.2, 0.25) is 5.75 Å². The molecule has 0 atom stereocenters. The second-order valence-corrected chi connectivity index (χ2v) is 10.7. The average Bonchev–Trinajstić information content (AvgIpc) is 3.37. The van der Waals surface area contributed by atoms with Crippen LogP contribution >= 0.6 is 0 Å². The molecule has 214 valence electrons. The van der Waals surface area contributed by atoms with Gasteiger partial charge in [0.1, 0.15) is 17.8 Å². The number of aromatic amines is 1. The third-order valence-corrected chi connectivity index (χ3v) is 7.76. The molecule has 4 aliphatic heterocycles. The minimum atomic E-state index is -0.0939. The van der Waals surface area contributed by atoms with E-state index in [4.69, 9.17) is 18.9 Å². The van der Waals surface area contributed by atoms with Gasteiger partial charge >= 0.3 is 0 Å². The lowest BCUT2D eigenvalue weighted by Crippen LogP contribution is -2.51. The summed E-state index contributed by atoms with van der Waals surface area (Å²) in [6, 6.07) is 3.70. The maximum absolute atomic E-state index is 13.0. The van der Waals surface area contributed by atoms with Crippen LogP contribution in [-0.4, -0.2) is 115 Å². The average molecular weight is 552 g/mol. The number of methoxy groups -OCH3 is 1. The number of carbonyl (C=O) groups excluding carboxylic acids is 1. The smallest absolute Gasteiger partial charge is 0.260 e. The van der Waals surface area contributed by atoms with Crippen molar-refractivity contribution in [3.05, 3.63) is 30.2 Å². The molecule has 1 aromatic carbocycles. The maximum Gasteiger partial charge on any atom is 0.260 e. The van der Waals surface area contributed by atoms with E-state index in [-0.39, 0.29) is 12.5 Å². The predicted octanol–water partition coefficient (Wildman–Crippen LogP) is 2.09. The summed E-state index contributed by atoms with van der Waals surface area (Å²) >= 11 is 0. The number of benzene rings is 1. The Bertz CT molecular complexity index is 1340. The summed E-state index contributed by atoms with van der Waals surface area (Å²) in [5, 5.41) is 4.39. The fourth-order valence-corrected chi connectivity index (χ4v) is 5.62. The number of carbonyl (C=O) groups is 1. The molecule has 2 aromatic heterocycles. The summed E-state index contributed by atoms with van der Waals surface area (Å²) < 4.78 is 23.5. The lowest BCUT2D eigenvalue weighted by molar-refractivity contribution is -0.133. The van der Waals surface area contributed by atoms with Crippen LogP contribution in [0.2, 0.25) is 0 Å². The third kappa shape index (κ3) is 5.79. The Hall–Kier alpha value is -3.61. The third-order valence-electron chi connectivity index (χ3n) is 7.76. The molecule has 2 fully saturated rings. The number of rotatable bonds is 6. The molecule has 0 unspecified atom stereocenters. The van der Waals surface area contributed by atoms with Crippen molar-refractivity contribution in [1.82, 2.24) is 29.7 Å². The van der Waals surface area contributed by atoms with Crippen molar-refractivity contribution in [2.45, 2.75) is 13.0 Å². The summed E-state index contributed by atoms with van der Waals surface area (Å²) in [6.45, 7) is 8.06. The molecular weight excluding hydrogens is 514 g/mol. The monoisotopic (exact) mass is 551 g/mol. The maximum atomic E-state index is 13.0. The van der Waals surface area contributed by atoms with Gasteiger partial charge in [0.05, 0.1) is 32.3 Å². The van der Waals surface area contributed by atoms with Crippen molar-refractivity contribution < 1.29 is 23.7 Å². The number of nitrogens with zero attached hydrogens (tertiary/aromatic N) is 5. The Morgan fingerprint density at radius 3 is 2.83 bits per heavy atom. The van der Waals surface area contributed by atoms with Crippen LogP contribution in [0.25, 0.3) is 11.0 Å². The standard InChI is InChI=1S/C28H37N7O5/c1-33-13-19-14-35(15-19)16-20-12-29-27-25(20)28(31-18-30-27)32-21-10-22(37-2)26(23(11-21)40-17-24(33)36)39-7-3-4-34-5-8-38-9-6-34/h10-12,18-19H,3-9,13-17H2,1-2H3,(H2,29,30,31,32). The van der Waals surface area contributed by atoms with Crippen LogP contribution in [0.15, 0.2) is 24.7 Å². The highest BCUT2D eigenvalue weighted by molar-refractivity contribution is 5.92. The molecule has 2 saturated heterocycles. The molecule has 7 rings (SSSR count). The number of amides is 1.